The maximum atomic E-state index is 14.8. The first kappa shape index (κ1) is 23.8. The zero-order valence-electron chi connectivity index (χ0n) is 18.0. The highest BCUT2D eigenvalue weighted by Crippen LogP contribution is 2.29. The van der Waals surface area contributed by atoms with Gasteiger partial charge in [0.25, 0.3) is 5.56 Å². The summed E-state index contributed by atoms with van der Waals surface area (Å²) < 4.78 is 43.9. The normalized spacial score (nSPS) is 11.9. The van der Waals surface area contributed by atoms with Gasteiger partial charge in [0.1, 0.15) is 40.3 Å². The van der Waals surface area contributed by atoms with Gasteiger partial charge < -0.3 is 16.8 Å². The first-order valence-corrected chi connectivity index (χ1v) is 10.5. The van der Waals surface area contributed by atoms with E-state index in [1.54, 1.807) is 6.92 Å². The minimum Gasteiger partial charge on any atom is -0.382 e. The number of nitrogen functional groups attached to an aromatic ring is 2. The Balaban J connectivity index is 2.03. The number of nitrogens with two attached hydrogens (primary N) is 2. The molecule has 4 aromatic rings. The molecule has 1 atom stereocenters. The van der Waals surface area contributed by atoms with Gasteiger partial charge in [0.2, 0.25) is 5.95 Å². The molecule has 1 unspecified atom stereocenters. The number of benzene rings is 2. The summed E-state index contributed by atoms with van der Waals surface area (Å²) in [6, 6.07) is 5.99. The molecule has 0 aliphatic heterocycles. The van der Waals surface area contributed by atoms with Crippen LogP contribution in [0.1, 0.15) is 30.8 Å². The Morgan fingerprint density at radius 3 is 2.46 bits per heavy atom. The molecule has 13 heteroatoms. The standard InChI is InChI=1S/C22H16ClF3N8O/c1-2-14(30-19-12(8-27)18(28)32-22(29)33-19)20-31-15-4-3-13(23)17(26)16(15)21(35)34(20)11-6-9(24)5-10(25)7-11/h3-7,14H,2H2,1H3,(H5,28,29,30,32,33). The van der Waals surface area contributed by atoms with Crippen LogP contribution in [0.3, 0.4) is 0 Å². The van der Waals surface area contributed by atoms with E-state index in [-0.39, 0.29) is 51.6 Å². The van der Waals surface area contributed by atoms with Gasteiger partial charge in [-0.05, 0) is 30.7 Å². The summed E-state index contributed by atoms with van der Waals surface area (Å²) in [6.45, 7) is 1.72. The molecule has 4 rings (SSSR count). The predicted molar refractivity (Wildman–Crippen MR) is 124 cm³/mol. The second-order valence-corrected chi connectivity index (χ2v) is 7.81. The lowest BCUT2D eigenvalue weighted by atomic mass is 10.1. The Labute approximate surface area is 200 Å². The van der Waals surface area contributed by atoms with Crippen LogP contribution in [-0.4, -0.2) is 19.5 Å². The average Bonchev–Trinajstić information content (AvgIpc) is 2.78. The number of aromatic nitrogens is 4. The van der Waals surface area contributed by atoms with Crippen LogP contribution < -0.4 is 22.3 Å². The van der Waals surface area contributed by atoms with E-state index >= 15 is 0 Å². The van der Waals surface area contributed by atoms with E-state index in [1.807, 2.05) is 6.07 Å². The summed E-state index contributed by atoms with van der Waals surface area (Å²) in [5, 5.41) is 11.6. The molecule has 0 fully saturated rings. The van der Waals surface area contributed by atoms with Crippen LogP contribution in [-0.2, 0) is 0 Å². The number of anilines is 3. The summed E-state index contributed by atoms with van der Waals surface area (Å²) in [5.41, 5.74) is 10.1. The highest BCUT2D eigenvalue weighted by Gasteiger charge is 2.25. The molecule has 2 aromatic heterocycles. The smallest absolute Gasteiger partial charge is 0.269 e. The monoisotopic (exact) mass is 500 g/mol. The molecule has 0 saturated heterocycles. The predicted octanol–water partition coefficient (Wildman–Crippen LogP) is 3.85. The number of hydrogen-bond donors (Lipinski definition) is 3. The molecule has 178 valence electrons. The Hall–Kier alpha value is -4.37. The SMILES string of the molecule is CCC(Nc1nc(N)nc(N)c1C#N)c1nc2ccc(Cl)c(F)c2c(=O)n1-c1cc(F)cc(F)c1. The van der Waals surface area contributed by atoms with Gasteiger partial charge >= 0.3 is 0 Å². The number of halogens is 4. The highest BCUT2D eigenvalue weighted by atomic mass is 35.5. The number of nitrogens with one attached hydrogen (secondary N) is 1. The van der Waals surface area contributed by atoms with E-state index in [9.17, 15) is 23.2 Å². The molecule has 2 heterocycles. The van der Waals surface area contributed by atoms with Crippen LogP contribution in [0.25, 0.3) is 16.6 Å². The molecule has 9 nitrogen and oxygen atoms in total. The topological polar surface area (TPSA) is 149 Å². The van der Waals surface area contributed by atoms with Crippen molar-refractivity contribution in [1.82, 2.24) is 19.5 Å². The Morgan fingerprint density at radius 2 is 1.83 bits per heavy atom. The summed E-state index contributed by atoms with van der Waals surface area (Å²) in [4.78, 5) is 25.6. The lowest BCUT2D eigenvalue weighted by Gasteiger charge is -2.23. The minimum atomic E-state index is -1.03. The zero-order valence-corrected chi connectivity index (χ0v) is 18.7. The van der Waals surface area contributed by atoms with Crippen molar-refractivity contribution in [1.29, 1.82) is 5.26 Å². The first-order chi connectivity index (χ1) is 16.6. The summed E-state index contributed by atoms with van der Waals surface area (Å²) in [5.74, 6) is -3.43. The van der Waals surface area contributed by atoms with Gasteiger partial charge in [-0.1, -0.05) is 18.5 Å². The number of hydrogen-bond acceptors (Lipinski definition) is 8. The number of rotatable bonds is 5. The number of nitriles is 1. The number of nitrogens with zero attached hydrogens (tertiary/aromatic N) is 5. The minimum absolute atomic E-state index is 0.0394. The largest absolute Gasteiger partial charge is 0.382 e. The lowest BCUT2D eigenvalue weighted by molar-refractivity contribution is 0.578. The van der Waals surface area contributed by atoms with Crippen molar-refractivity contribution in [2.45, 2.75) is 19.4 Å². The first-order valence-electron chi connectivity index (χ1n) is 10.1. The molecule has 2 aromatic carbocycles. The van der Waals surface area contributed by atoms with Gasteiger partial charge in [-0.15, -0.1) is 0 Å². The third-order valence-corrected chi connectivity index (χ3v) is 5.45. The quantitative estimate of drug-likeness (QED) is 0.374. The van der Waals surface area contributed by atoms with E-state index in [1.165, 1.54) is 12.1 Å². The molecule has 5 N–H and O–H groups in total. The van der Waals surface area contributed by atoms with Gasteiger partial charge in [-0.3, -0.25) is 9.36 Å². The molecule has 0 saturated carbocycles. The fourth-order valence-electron chi connectivity index (χ4n) is 3.60. The van der Waals surface area contributed by atoms with Crippen molar-refractivity contribution < 1.29 is 13.2 Å². The molecule has 0 aliphatic rings. The Morgan fingerprint density at radius 1 is 1.14 bits per heavy atom. The summed E-state index contributed by atoms with van der Waals surface area (Å²) >= 11 is 5.86. The van der Waals surface area contributed by atoms with Crippen LogP contribution in [0.2, 0.25) is 5.02 Å². The Kier molecular flexibility index (Phi) is 6.19. The van der Waals surface area contributed by atoms with Gasteiger partial charge in [0, 0.05) is 6.07 Å². The molecular formula is C22H16ClF3N8O. The molecule has 0 radical (unpaired) electrons. The van der Waals surface area contributed by atoms with Crippen LogP contribution in [0.5, 0.6) is 0 Å². The molecule has 35 heavy (non-hydrogen) atoms. The van der Waals surface area contributed by atoms with Crippen LogP contribution in [0, 0.1) is 28.8 Å². The van der Waals surface area contributed by atoms with Crippen molar-refractivity contribution in [2.75, 3.05) is 16.8 Å². The van der Waals surface area contributed by atoms with Crippen LogP contribution >= 0.6 is 11.6 Å². The van der Waals surface area contributed by atoms with E-state index in [0.29, 0.717) is 6.07 Å². The lowest BCUT2D eigenvalue weighted by Crippen LogP contribution is -2.29. The molecule has 0 amide bonds. The van der Waals surface area contributed by atoms with Crippen LogP contribution in [0.4, 0.5) is 30.8 Å². The van der Waals surface area contributed by atoms with Gasteiger partial charge in [0.05, 0.1) is 22.3 Å². The summed E-state index contributed by atoms with van der Waals surface area (Å²) in [6.07, 6.45) is 0.237. The fraction of sp³-hybridized carbons (Fsp3) is 0.136. The van der Waals surface area contributed by atoms with Crippen molar-refractivity contribution in [3.8, 4) is 11.8 Å². The van der Waals surface area contributed by atoms with Gasteiger partial charge in [0.15, 0.2) is 11.6 Å². The van der Waals surface area contributed by atoms with Gasteiger partial charge in [-0.25, -0.2) is 18.2 Å². The van der Waals surface area contributed by atoms with E-state index in [0.717, 1.165) is 16.7 Å². The second kappa shape index (κ2) is 9.11. The van der Waals surface area contributed by atoms with E-state index in [4.69, 9.17) is 23.1 Å². The fourth-order valence-corrected chi connectivity index (χ4v) is 3.76. The molecular weight excluding hydrogens is 485 g/mol. The third-order valence-electron chi connectivity index (χ3n) is 5.16. The third kappa shape index (κ3) is 4.29. The van der Waals surface area contributed by atoms with Crippen LogP contribution in [0.15, 0.2) is 35.1 Å². The van der Waals surface area contributed by atoms with Crippen molar-refractivity contribution in [3.63, 3.8) is 0 Å². The second-order valence-electron chi connectivity index (χ2n) is 7.40. The van der Waals surface area contributed by atoms with Crippen molar-refractivity contribution >= 4 is 40.1 Å². The molecule has 0 aliphatic carbocycles. The zero-order chi connectivity index (χ0) is 25.4. The highest BCUT2D eigenvalue weighted by molar-refractivity contribution is 6.31. The maximum Gasteiger partial charge on any atom is 0.269 e. The van der Waals surface area contributed by atoms with E-state index < -0.39 is 34.4 Å². The molecule has 0 bridgehead atoms. The van der Waals surface area contributed by atoms with Gasteiger partial charge in [-0.2, -0.15) is 15.2 Å². The van der Waals surface area contributed by atoms with Crippen molar-refractivity contribution in [2.24, 2.45) is 0 Å². The summed E-state index contributed by atoms with van der Waals surface area (Å²) in [7, 11) is 0. The average molecular weight is 501 g/mol. The van der Waals surface area contributed by atoms with Crippen molar-refractivity contribution in [3.05, 3.63) is 74.5 Å². The van der Waals surface area contributed by atoms with E-state index in [2.05, 4.69) is 20.3 Å². The maximum absolute atomic E-state index is 14.8. The molecule has 0 spiro atoms. The number of fused-ring (bicyclic) bond motifs is 1. The Bertz CT molecular complexity index is 1560.